The van der Waals surface area contributed by atoms with Gasteiger partial charge < -0.3 is 19.9 Å². The number of H-pyrrole nitrogens is 1. The Labute approximate surface area is 167 Å². The van der Waals surface area contributed by atoms with Crippen molar-refractivity contribution in [3.05, 3.63) is 71.3 Å². The molecule has 0 bridgehead atoms. The number of ether oxygens (including phenoxy) is 1. The Kier molecular flexibility index (Phi) is 5.90. The summed E-state index contributed by atoms with van der Waals surface area (Å²) < 4.78 is 7.91. The van der Waals surface area contributed by atoms with E-state index in [-0.39, 0.29) is 18.4 Å². The molecule has 3 aromatic rings. The lowest BCUT2D eigenvalue weighted by atomic mass is 10.1. The molecule has 2 N–H and O–H groups in total. The number of nitrogens with one attached hydrogen (secondary N) is 2. The zero-order chi connectivity index (χ0) is 20.1. The zero-order valence-corrected chi connectivity index (χ0v) is 16.3. The molecule has 8 heteroatoms. The fourth-order valence-corrected chi connectivity index (χ4v) is 2.74. The molecule has 0 aliphatic carbocycles. The van der Waals surface area contributed by atoms with E-state index in [9.17, 15) is 9.59 Å². The predicted octanol–water partition coefficient (Wildman–Crippen LogP) is 3.25. The Bertz CT molecular complexity index is 1060. The van der Waals surface area contributed by atoms with E-state index in [0.29, 0.717) is 21.8 Å². The van der Waals surface area contributed by atoms with Crippen molar-refractivity contribution in [3.8, 4) is 11.4 Å². The maximum Gasteiger partial charge on any atom is 0.259 e. The molecule has 2 aromatic carbocycles. The minimum Gasteiger partial charge on any atom is -0.483 e. The molecule has 0 fully saturated rings. The van der Waals surface area contributed by atoms with Crippen molar-refractivity contribution >= 4 is 29.7 Å². The van der Waals surface area contributed by atoms with Gasteiger partial charge in [0.1, 0.15) is 5.75 Å². The Morgan fingerprint density at radius 1 is 1.18 bits per heavy atom. The highest BCUT2D eigenvalue weighted by Gasteiger charge is 2.14. The van der Waals surface area contributed by atoms with Crippen LogP contribution in [-0.2, 0) is 4.79 Å². The van der Waals surface area contributed by atoms with Crippen molar-refractivity contribution in [2.24, 2.45) is 0 Å². The zero-order valence-electron chi connectivity index (χ0n) is 15.5. The number of amides is 2. The molecule has 0 aliphatic rings. The van der Waals surface area contributed by atoms with E-state index in [1.807, 2.05) is 24.4 Å². The third kappa shape index (κ3) is 4.47. The average molecular weight is 396 g/mol. The molecular weight excluding hydrogens is 376 g/mol. The minimum atomic E-state index is -0.331. The summed E-state index contributed by atoms with van der Waals surface area (Å²) in [5, 5.41) is 2.86. The van der Waals surface area contributed by atoms with Gasteiger partial charge in [-0.1, -0.05) is 18.2 Å². The Balaban J connectivity index is 1.78. The van der Waals surface area contributed by atoms with Crippen molar-refractivity contribution in [3.63, 3.8) is 0 Å². The standard InChI is InChI=1S/C20H20N4O3S/c1-23(2)18(25)13-27-17-9-4-3-8-16(17)19(26)22-14-6-5-7-15(12-14)24-11-10-21-20(24)28/h3-12H,13H2,1-2H3,(H,21,28)(H,22,26). The summed E-state index contributed by atoms with van der Waals surface area (Å²) in [7, 11) is 3.29. The number of aromatic nitrogens is 2. The van der Waals surface area contributed by atoms with E-state index in [1.54, 1.807) is 55.2 Å². The molecule has 7 nitrogen and oxygen atoms in total. The second-order valence-electron chi connectivity index (χ2n) is 6.21. The molecule has 0 saturated heterocycles. The summed E-state index contributed by atoms with van der Waals surface area (Å²) in [5.74, 6) is -0.173. The first-order valence-electron chi connectivity index (χ1n) is 8.55. The highest BCUT2D eigenvalue weighted by molar-refractivity contribution is 7.71. The number of nitrogens with zero attached hydrogens (tertiary/aromatic N) is 2. The van der Waals surface area contributed by atoms with E-state index in [0.717, 1.165) is 5.69 Å². The molecule has 144 valence electrons. The summed E-state index contributed by atoms with van der Waals surface area (Å²) in [6.45, 7) is -0.140. The summed E-state index contributed by atoms with van der Waals surface area (Å²) in [6, 6.07) is 14.1. The molecule has 0 saturated carbocycles. The molecule has 1 heterocycles. The van der Waals surface area contributed by atoms with Gasteiger partial charge in [-0.15, -0.1) is 0 Å². The van der Waals surface area contributed by atoms with Gasteiger partial charge in [-0.05, 0) is 42.5 Å². The van der Waals surface area contributed by atoms with Crippen LogP contribution in [0, 0.1) is 4.77 Å². The molecular formula is C20H20N4O3S. The number of hydrogen-bond donors (Lipinski definition) is 2. The van der Waals surface area contributed by atoms with Gasteiger partial charge in [-0.3, -0.25) is 14.2 Å². The van der Waals surface area contributed by atoms with Crippen LogP contribution in [0.4, 0.5) is 5.69 Å². The van der Waals surface area contributed by atoms with Crippen molar-refractivity contribution in [2.45, 2.75) is 0 Å². The van der Waals surface area contributed by atoms with E-state index < -0.39 is 0 Å². The van der Waals surface area contributed by atoms with Crippen LogP contribution in [0.1, 0.15) is 10.4 Å². The molecule has 2 amide bonds. The van der Waals surface area contributed by atoms with Gasteiger partial charge in [0.15, 0.2) is 11.4 Å². The largest absolute Gasteiger partial charge is 0.483 e. The Hall–Kier alpha value is -3.39. The molecule has 3 rings (SSSR count). The summed E-state index contributed by atoms with van der Waals surface area (Å²) >= 11 is 5.23. The van der Waals surface area contributed by atoms with Gasteiger partial charge in [-0.25, -0.2) is 0 Å². The first-order valence-corrected chi connectivity index (χ1v) is 8.96. The summed E-state index contributed by atoms with van der Waals surface area (Å²) in [5.41, 5.74) is 1.78. The number of rotatable bonds is 6. The highest BCUT2D eigenvalue weighted by Crippen LogP contribution is 2.21. The van der Waals surface area contributed by atoms with Crippen molar-refractivity contribution in [1.29, 1.82) is 0 Å². The predicted molar refractivity (Wildman–Crippen MR) is 110 cm³/mol. The lowest BCUT2D eigenvalue weighted by molar-refractivity contribution is -0.130. The number of hydrogen-bond acceptors (Lipinski definition) is 4. The molecule has 0 atom stereocenters. The van der Waals surface area contributed by atoms with Crippen LogP contribution < -0.4 is 10.1 Å². The summed E-state index contributed by atoms with van der Waals surface area (Å²) in [4.78, 5) is 28.9. The van der Waals surface area contributed by atoms with Crippen LogP contribution in [0.5, 0.6) is 5.75 Å². The third-order valence-corrected chi connectivity index (χ3v) is 4.33. The van der Waals surface area contributed by atoms with Crippen LogP contribution >= 0.6 is 12.2 Å². The number of aromatic amines is 1. The monoisotopic (exact) mass is 396 g/mol. The fraction of sp³-hybridized carbons (Fsp3) is 0.150. The fourth-order valence-electron chi connectivity index (χ4n) is 2.50. The normalized spacial score (nSPS) is 10.4. The molecule has 28 heavy (non-hydrogen) atoms. The van der Waals surface area contributed by atoms with Crippen LogP contribution in [0.2, 0.25) is 0 Å². The number of likely N-dealkylation sites (N-methyl/N-ethyl adjacent to an activating group) is 1. The summed E-state index contributed by atoms with van der Waals surface area (Å²) in [6.07, 6.45) is 3.56. The van der Waals surface area contributed by atoms with Crippen molar-refractivity contribution in [2.75, 3.05) is 26.0 Å². The number of benzene rings is 2. The minimum absolute atomic E-state index is 0.140. The quantitative estimate of drug-likeness (QED) is 0.627. The third-order valence-electron chi connectivity index (χ3n) is 4.01. The van der Waals surface area contributed by atoms with E-state index in [4.69, 9.17) is 17.0 Å². The molecule has 0 spiro atoms. The van der Waals surface area contributed by atoms with Gasteiger partial charge in [0.25, 0.3) is 11.8 Å². The van der Waals surface area contributed by atoms with Gasteiger partial charge in [0.05, 0.1) is 5.56 Å². The van der Waals surface area contributed by atoms with Gasteiger partial charge in [0.2, 0.25) is 0 Å². The maximum absolute atomic E-state index is 12.8. The Morgan fingerprint density at radius 3 is 2.68 bits per heavy atom. The number of imidazole rings is 1. The van der Waals surface area contributed by atoms with Crippen LogP contribution in [-0.4, -0.2) is 47.0 Å². The number of carbonyl (C=O) groups is 2. The van der Waals surface area contributed by atoms with Gasteiger partial charge in [0, 0.05) is 37.9 Å². The molecule has 1 aromatic heterocycles. The first-order chi connectivity index (χ1) is 13.5. The number of anilines is 1. The van der Waals surface area contributed by atoms with Crippen LogP contribution in [0.3, 0.4) is 0 Å². The average Bonchev–Trinajstić information content (AvgIpc) is 3.12. The van der Waals surface area contributed by atoms with Crippen molar-refractivity contribution in [1.82, 2.24) is 14.5 Å². The SMILES string of the molecule is CN(C)C(=O)COc1ccccc1C(=O)Nc1cccc(-n2cc[nH]c2=S)c1. The highest BCUT2D eigenvalue weighted by atomic mass is 32.1. The maximum atomic E-state index is 12.8. The van der Waals surface area contributed by atoms with Crippen LogP contribution in [0.25, 0.3) is 5.69 Å². The first kappa shape index (κ1) is 19.4. The lowest BCUT2D eigenvalue weighted by Crippen LogP contribution is -2.28. The topological polar surface area (TPSA) is 79.4 Å². The second-order valence-corrected chi connectivity index (χ2v) is 6.60. The number of carbonyl (C=O) groups excluding carboxylic acids is 2. The molecule has 0 unspecified atom stereocenters. The lowest BCUT2D eigenvalue weighted by Gasteiger charge is -2.14. The number of para-hydroxylation sites is 1. The van der Waals surface area contributed by atoms with E-state index >= 15 is 0 Å². The molecule has 0 aliphatic heterocycles. The van der Waals surface area contributed by atoms with E-state index in [1.165, 1.54) is 4.90 Å². The van der Waals surface area contributed by atoms with E-state index in [2.05, 4.69) is 10.3 Å². The van der Waals surface area contributed by atoms with Crippen molar-refractivity contribution < 1.29 is 14.3 Å². The Morgan fingerprint density at radius 2 is 1.96 bits per heavy atom. The second kappa shape index (κ2) is 8.53. The smallest absolute Gasteiger partial charge is 0.259 e. The van der Waals surface area contributed by atoms with Crippen LogP contribution in [0.15, 0.2) is 60.9 Å². The van der Waals surface area contributed by atoms with Gasteiger partial charge >= 0.3 is 0 Å². The molecule has 0 radical (unpaired) electrons. The van der Waals surface area contributed by atoms with Gasteiger partial charge in [-0.2, -0.15) is 0 Å².